The third-order valence-corrected chi connectivity index (χ3v) is 5.14. The maximum atomic E-state index is 12.2. The lowest BCUT2D eigenvalue weighted by Crippen LogP contribution is -2.31. The monoisotopic (exact) mass is 375 g/mol. The lowest BCUT2D eigenvalue weighted by Gasteiger charge is -2.23. The van der Waals surface area contributed by atoms with Gasteiger partial charge < -0.3 is 4.98 Å². The number of nitrogens with zero attached hydrogens (tertiary/aromatic N) is 2. The molecular formula is C19H22ClN3OS. The standard InChI is InChI=1S/C19H22ClN3OS/c1-13(2)11-23(9-7-14-3-5-15(20)6-4-14)12-17-21-16-8-10-25-18(16)19(24)22-17/h3-6,8,10,13H,7,9,11-12H2,1-2H3,(H,21,22,24). The number of aromatic amines is 1. The fraction of sp³-hybridized carbons (Fsp3) is 0.368. The molecule has 0 spiro atoms. The second-order valence-corrected chi connectivity index (χ2v) is 8.01. The van der Waals surface area contributed by atoms with Crippen LogP contribution in [0, 0.1) is 5.92 Å². The van der Waals surface area contributed by atoms with Gasteiger partial charge in [0.1, 0.15) is 10.5 Å². The first kappa shape index (κ1) is 18.1. The average molecular weight is 376 g/mol. The zero-order chi connectivity index (χ0) is 17.8. The van der Waals surface area contributed by atoms with Gasteiger partial charge in [-0.3, -0.25) is 9.69 Å². The number of H-pyrrole nitrogens is 1. The molecule has 4 nitrogen and oxygen atoms in total. The maximum absolute atomic E-state index is 12.2. The number of rotatable bonds is 7. The molecule has 0 aliphatic rings. The highest BCUT2D eigenvalue weighted by atomic mass is 35.5. The normalized spacial score (nSPS) is 11.7. The van der Waals surface area contributed by atoms with Gasteiger partial charge in [0.15, 0.2) is 0 Å². The van der Waals surface area contributed by atoms with Gasteiger partial charge in [0.25, 0.3) is 5.56 Å². The van der Waals surface area contributed by atoms with Crippen LogP contribution < -0.4 is 5.56 Å². The first-order chi connectivity index (χ1) is 12.0. The Kier molecular flexibility index (Phi) is 5.89. The van der Waals surface area contributed by atoms with E-state index in [4.69, 9.17) is 11.6 Å². The Morgan fingerprint density at radius 3 is 2.72 bits per heavy atom. The Hall–Kier alpha value is -1.69. The van der Waals surface area contributed by atoms with Gasteiger partial charge in [-0.1, -0.05) is 37.6 Å². The molecule has 0 amide bonds. The molecule has 3 aromatic rings. The summed E-state index contributed by atoms with van der Waals surface area (Å²) in [6.07, 6.45) is 0.939. The van der Waals surface area contributed by atoms with E-state index in [9.17, 15) is 4.79 Å². The predicted octanol–water partition coefficient (Wildman–Crippen LogP) is 4.34. The third-order valence-electron chi connectivity index (χ3n) is 3.99. The van der Waals surface area contributed by atoms with Crippen molar-refractivity contribution in [1.29, 1.82) is 0 Å². The third kappa shape index (κ3) is 4.91. The smallest absolute Gasteiger partial charge is 0.268 e. The van der Waals surface area contributed by atoms with Crippen molar-refractivity contribution < 1.29 is 0 Å². The van der Waals surface area contributed by atoms with Crippen molar-refractivity contribution in [2.75, 3.05) is 13.1 Å². The number of hydrogen-bond acceptors (Lipinski definition) is 4. The molecule has 0 aliphatic heterocycles. The highest BCUT2D eigenvalue weighted by Crippen LogP contribution is 2.15. The number of hydrogen-bond donors (Lipinski definition) is 1. The van der Waals surface area contributed by atoms with E-state index >= 15 is 0 Å². The summed E-state index contributed by atoms with van der Waals surface area (Å²) in [7, 11) is 0. The molecule has 0 bridgehead atoms. The molecule has 2 aromatic heterocycles. The van der Waals surface area contributed by atoms with Gasteiger partial charge in [0.05, 0.1) is 12.1 Å². The molecule has 2 heterocycles. The van der Waals surface area contributed by atoms with Crippen molar-refractivity contribution in [3.63, 3.8) is 0 Å². The van der Waals surface area contributed by atoms with Crippen LogP contribution in [0.1, 0.15) is 25.2 Å². The van der Waals surface area contributed by atoms with Crippen LogP contribution >= 0.6 is 22.9 Å². The van der Waals surface area contributed by atoms with Crippen molar-refractivity contribution in [1.82, 2.24) is 14.9 Å². The minimum atomic E-state index is -0.0443. The summed E-state index contributed by atoms with van der Waals surface area (Å²) in [5, 5.41) is 2.66. The largest absolute Gasteiger partial charge is 0.308 e. The molecule has 0 saturated carbocycles. The van der Waals surface area contributed by atoms with E-state index in [0.717, 1.165) is 35.9 Å². The zero-order valence-corrected chi connectivity index (χ0v) is 16.0. The molecule has 0 fully saturated rings. The first-order valence-corrected chi connectivity index (χ1v) is 9.70. The molecule has 0 aliphatic carbocycles. The summed E-state index contributed by atoms with van der Waals surface area (Å²) in [6, 6.07) is 9.88. The summed E-state index contributed by atoms with van der Waals surface area (Å²) in [6.45, 7) is 6.91. The van der Waals surface area contributed by atoms with Crippen LogP contribution in [0.5, 0.6) is 0 Å². The fourth-order valence-electron chi connectivity index (χ4n) is 2.90. The fourth-order valence-corrected chi connectivity index (χ4v) is 3.75. The van der Waals surface area contributed by atoms with Gasteiger partial charge in [-0.15, -0.1) is 11.3 Å². The number of fused-ring (bicyclic) bond motifs is 1. The Balaban J connectivity index is 1.72. The van der Waals surface area contributed by atoms with Crippen LogP contribution in [0.15, 0.2) is 40.5 Å². The van der Waals surface area contributed by atoms with Gasteiger partial charge in [0.2, 0.25) is 0 Å². The molecule has 0 atom stereocenters. The maximum Gasteiger partial charge on any atom is 0.268 e. The predicted molar refractivity (Wildman–Crippen MR) is 106 cm³/mol. The topological polar surface area (TPSA) is 49.0 Å². The van der Waals surface area contributed by atoms with Crippen LogP contribution in [0.3, 0.4) is 0 Å². The highest BCUT2D eigenvalue weighted by molar-refractivity contribution is 7.17. The lowest BCUT2D eigenvalue weighted by molar-refractivity contribution is 0.233. The summed E-state index contributed by atoms with van der Waals surface area (Å²) in [4.78, 5) is 22.0. The molecule has 0 saturated heterocycles. The molecule has 0 radical (unpaired) electrons. The van der Waals surface area contributed by atoms with E-state index in [2.05, 4.69) is 40.8 Å². The van der Waals surface area contributed by atoms with Crippen molar-refractivity contribution in [2.24, 2.45) is 5.92 Å². The van der Waals surface area contributed by atoms with Crippen molar-refractivity contribution in [3.05, 3.63) is 62.5 Å². The summed E-state index contributed by atoms with van der Waals surface area (Å²) in [5.74, 6) is 1.27. The molecule has 0 unspecified atom stereocenters. The second-order valence-electron chi connectivity index (χ2n) is 6.65. The van der Waals surface area contributed by atoms with Crippen LogP contribution in [0.25, 0.3) is 10.2 Å². The zero-order valence-electron chi connectivity index (χ0n) is 14.5. The van der Waals surface area contributed by atoms with E-state index in [1.54, 1.807) is 0 Å². The van der Waals surface area contributed by atoms with E-state index in [1.807, 2.05) is 23.6 Å². The number of nitrogens with one attached hydrogen (secondary N) is 1. The van der Waals surface area contributed by atoms with Crippen LogP contribution in [0.4, 0.5) is 0 Å². The number of aromatic nitrogens is 2. The first-order valence-electron chi connectivity index (χ1n) is 8.44. The summed E-state index contributed by atoms with van der Waals surface area (Å²) < 4.78 is 0.695. The van der Waals surface area contributed by atoms with Gasteiger partial charge in [-0.05, 0) is 41.5 Å². The van der Waals surface area contributed by atoms with Crippen molar-refractivity contribution >= 4 is 33.2 Å². The molecule has 132 valence electrons. The van der Waals surface area contributed by atoms with Crippen LogP contribution in [-0.2, 0) is 13.0 Å². The Bertz CT molecular complexity index is 886. The van der Waals surface area contributed by atoms with Crippen LogP contribution in [-0.4, -0.2) is 28.0 Å². The van der Waals surface area contributed by atoms with Gasteiger partial charge in [0, 0.05) is 18.1 Å². The van der Waals surface area contributed by atoms with E-state index in [-0.39, 0.29) is 5.56 Å². The van der Waals surface area contributed by atoms with Gasteiger partial charge >= 0.3 is 0 Å². The SMILES string of the molecule is CC(C)CN(CCc1ccc(Cl)cc1)Cc1nc2ccsc2c(=O)[nH]1. The molecule has 6 heteroatoms. The average Bonchev–Trinajstić information content (AvgIpc) is 3.02. The Morgan fingerprint density at radius 2 is 2.00 bits per heavy atom. The Labute approximate surface area is 156 Å². The van der Waals surface area contributed by atoms with Crippen LogP contribution in [0.2, 0.25) is 5.02 Å². The number of benzene rings is 1. The van der Waals surface area contributed by atoms with E-state index in [1.165, 1.54) is 16.9 Å². The second kappa shape index (κ2) is 8.13. The lowest BCUT2D eigenvalue weighted by atomic mass is 10.1. The van der Waals surface area contributed by atoms with Crippen molar-refractivity contribution in [2.45, 2.75) is 26.8 Å². The van der Waals surface area contributed by atoms with E-state index < -0.39 is 0 Å². The number of halogens is 1. The minimum absolute atomic E-state index is 0.0443. The Morgan fingerprint density at radius 1 is 1.24 bits per heavy atom. The summed E-state index contributed by atoms with van der Waals surface area (Å²) in [5.41, 5.74) is 2.00. The summed E-state index contributed by atoms with van der Waals surface area (Å²) >= 11 is 7.38. The minimum Gasteiger partial charge on any atom is -0.308 e. The molecule has 1 N–H and O–H groups in total. The van der Waals surface area contributed by atoms with Gasteiger partial charge in [-0.2, -0.15) is 0 Å². The quantitative estimate of drug-likeness (QED) is 0.668. The molecular weight excluding hydrogens is 354 g/mol. The van der Waals surface area contributed by atoms with Gasteiger partial charge in [-0.25, -0.2) is 4.98 Å². The molecule has 25 heavy (non-hydrogen) atoms. The number of thiophene rings is 1. The molecule has 3 rings (SSSR count). The van der Waals surface area contributed by atoms with E-state index in [0.29, 0.717) is 17.2 Å². The highest BCUT2D eigenvalue weighted by Gasteiger charge is 2.12. The van der Waals surface area contributed by atoms with Crippen molar-refractivity contribution in [3.8, 4) is 0 Å². The molecule has 1 aromatic carbocycles.